The van der Waals surface area contributed by atoms with Crippen LogP contribution >= 0.6 is 0 Å². The van der Waals surface area contributed by atoms with E-state index in [1.165, 1.54) is 0 Å². The van der Waals surface area contributed by atoms with Crippen LogP contribution in [0, 0.1) is 0 Å². The van der Waals surface area contributed by atoms with Crippen molar-refractivity contribution in [3.63, 3.8) is 0 Å². The molecule has 2 aliphatic rings. The number of methoxy groups -OCH3 is 1. The maximum absolute atomic E-state index is 13.8. The standard InChI is InChI=1S/C33H44N4O6/c1-5-6-7-19-42-29-22-25(9-10-28(29)40-4)36-17-8-16-35(32(36)39)23-24-11-15-34-30-27(24)12-18-37(30)33(2,3)31(38)43-26-13-20-41-21-14-26/h9-12,15,18,22,26H,5-8,13-14,16-17,19-21,23H2,1-4H3. The number of carbonyl (C=O) groups excluding carboxylic acids is 2. The number of hydrogen-bond donors (Lipinski definition) is 0. The molecule has 5 rings (SSSR count). The van der Waals surface area contributed by atoms with Gasteiger partial charge in [-0.3, -0.25) is 4.90 Å². The maximum Gasteiger partial charge on any atom is 0.332 e. The van der Waals surface area contributed by atoms with Gasteiger partial charge in [-0.15, -0.1) is 0 Å². The molecule has 232 valence electrons. The van der Waals surface area contributed by atoms with Crippen molar-refractivity contribution >= 4 is 28.7 Å². The minimum absolute atomic E-state index is 0.0573. The number of pyridine rings is 1. The third-order valence-electron chi connectivity index (χ3n) is 8.36. The van der Waals surface area contributed by atoms with Crippen LogP contribution in [0.5, 0.6) is 11.5 Å². The number of rotatable bonds is 12. The number of aromatic nitrogens is 2. The van der Waals surface area contributed by atoms with Crippen molar-refractivity contribution < 1.29 is 28.5 Å². The van der Waals surface area contributed by atoms with Crippen molar-refractivity contribution in [1.82, 2.24) is 14.5 Å². The molecule has 0 spiro atoms. The zero-order chi connectivity index (χ0) is 30.4. The first-order valence-electron chi connectivity index (χ1n) is 15.4. The van der Waals surface area contributed by atoms with Gasteiger partial charge < -0.3 is 28.4 Å². The van der Waals surface area contributed by atoms with Crippen molar-refractivity contribution in [2.45, 2.75) is 77.5 Å². The van der Waals surface area contributed by atoms with Gasteiger partial charge in [0.15, 0.2) is 11.5 Å². The van der Waals surface area contributed by atoms with Gasteiger partial charge in [-0.25, -0.2) is 14.6 Å². The van der Waals surface area contributed by atoms with Crippen molar-refractivity contribution in [2.75, 3.05) is 44.9 Å². The normalized spacial score (nSPS) is 16.5. The lowest BCUT2D eigenvalue weighted by Gasteiger charge is -2.36. The van der Waals surface area contributed by atoms with Crippen LogP contribution in [0.2, 0.25) is 0 Å². The molecule has 10 nitrogen and oxygen atoms in total. The number of urea groups is 1. The van der Waals surface area contributed by atoms with Crippen LogP contribution in [0.3, 0.4) is 0 Å². The quantitative estimate of drug-likeness (QED) is 0.191. The zero-order valence-corrected chi connectivity index (χ0v) is 25.8. The van der Waals surface area contributed by atoms with E-state index in [1.54, 1.807) is 18.2 Å². The number of benzene rings is 1. The van der Waals surface area contributed by atoms with Gasteiger partial charge in [-0.2, -0.15) is 0 Å². The van der Waals surface area contributed by atoms with Crippen LogP contribution in [0.4, 0.5) is 10.5 Å². The van der Waals surface area contributed by atoms with Gasteiger partial charge in [0.05, 0.1) is 26.9 Å². The lowest BCUT2D eigenvalue weighted by atomic mass is 10.0. The molecule has 0 N–H and O–H groups in total. The lowest BCUT2D eigenvalue weighted by Crippen LogP contribution is -2.49. The summed E-state index contributed by atoms with van der Waals surface area (Å²) in [6.07, 6.45) is 8.94. The summed E-state index contributed by atoms with van der Waals surface area (Å²) in [5.74, 6) is 1.01. The highest BCUT2D eigenvalue weighted by molar-refractivity contribution is 5.93. The molecule has 0 saturated carbocycles. The topological polar surface area (TPSA) is 95.4 Å². The number of esters is 1. The molecule has 0 aliphatic carbocycles. The fourth-order valence-corrected chi connectivity index (χ4v) is 5.72. The number of carbonyl (C=O) groups is 2. The van der Waals surface area contributed by atoms with E-state index in [4.69, 9.17) is 18.9 Å². The van der Waals surface area contributed by atoms with E-state index in [2.05, 4.69) is 11.9 Å². The van der Waals surface area contributed by atoms with Crippen LogP contribution < -0.4 is 14.4 Å². The number of amides is 2. The van der Waals surface area contributed by atoms with Gasteiger partial charge in [0.2, 0.25) is 0 Å². The fourth-order valence-electron chi connectivity index (χ4n) is 5.72. The molecule has 2 saturated heterocycles. The summed E-state index contributed by atoms with van der Waals surface area (Å²) >= 11 is 0. The molecule has 2 fully saturated rings. The van der Waals surface area contributed by atoms with Crippen LogP contribution in [-0.4, -0.2) is 72.6 Å². The first-order valence-corrected chi connectivity index (χ1v) is 15.4. The second-order valence-corrected chi connectivity index (χ2v) is 11.8. The smallest absolute Gasteiger partial charge is 0.332 e. The van der Waals surface area contributed by atoms with Crippen LogP contribution in [0.15, 0.2) is 42.7 Å². The molecule has 2 amide bonds. The molecule has 3 aromatic rings. The molecule has 0 bridgehead atoms. The van der Waals surface area contributed by atoms with Gasteiger partial charge in [-0.1, -0.05) is 19.8 Å². The van der Waals surface area contributed by atoms with Crippen LogP contribution in [0.25, 0.3) is 11.0 Å². The van der Waals surface area contributed by atoms with Crippen LogP contribution in [0.1, 0.15) is 64.9 Å². The summed E-state index contributed by atoms with van der Waals surface area (Å²) in [7, 11) is 1.63. The predicted molar refractivity (Wildman–Crippen MR) is 165 cm³/mol. The Morgan fingerprint density at radius 2 is 1.91 bits per heavy atom. The summed E-state index contributed by atoms with van der Waals surface area (Å²) in [5, 5.41) is 0.909. The molecule has 0 atom stereocenters. The van der Waals surface area contributed by atoms with E-state index in [9.17, 15) is 9.59 Å². The average molecular weight is 593 g/mol. The van der Waals surface area contributed by atoms with Crippen molar-refractivity contribution in [3.05, 3.63) is 48.3 Å². The summed E-state index contributed by atoms with van der Waals surface area (Å²) in [6.45, 7) is 9.40. The first kappa shape index (κ1) is 30.7. The Bertz CT molecular complexity index is 1410. The van der Waals surface area contributed by atoms with Crippen molar-refractivity contribution in [3.8, 4) is 11.5 Å². The molecule has 2 aromatic heterocycles. The van der Waals surface area contributed by atoms with Crippen molar-refractivity contribution in [2.24, 2.45) is 0 Å². The number of anilines is 1. The Labute approximate surface area is 253 Å². The number of nitrogens with zero attached hydrogens (tertiary/aromatic N) is 4. The Kier molecular flexibility index (Phi) is 9.75. The summed E-state index contributed by atoms with van der Waals surface area (Å²) in [4.78, 5) is 35.3. The molecule has 0 unspecified atom stereocenters. The lowest BCUT2D eigenvalue weighted by molar-refractivity contribution is -0.162. The Morgan fingerprint density at radius 3 is 2.67 bits per heavy atom. The van der Waals surface area contributed by atoms with E-state index in [-0.39, 0.29) is 18.1 Å². The molecular weight excluding hydrogens is 548 g/mol. The van der Waals surface area contributed by atoms with Gasteiger partial charge in [0.1, 0.15) is 17.3 Å². The molecule has 10 heteroatoms. The zero-order valence-electron chi connectivity index (χ0n) is 25.8. The number of hydrogen-bond acceptors (Lipinski definition) is 7. The second kappa shape index (κ2) is 13.7. The molecular formula is C33H44N4O6. The third-order valence-corrected chi connectivity index (χ3v) is 8.36. The Balaban J connectivity index is 1.32. The number of ether oxygens (including phenoxy) is 4. The van der Waals surface area contributed by atoms with E-state index in [0.29, 0.717) is 69.4 Å². The van der Waals surface area contributed by atoms with Gasteiger partial charge in [0.25, 0.3) is 0 Å². The monoisotopic (exact) mass is 592 g/mol. The van der Waals surface area contributed by atoms with Crippen LogP contribution in [-0.2, 0) is 26.4 Å². The maximum atomic E-state index is 13.8. The summed E-state index contributed by atoms with van der Waals surface area (Å²) < 4.78 is 24.7. The minimum atomic E-state index is -0.950. The molecule has 1 aromatic carbocycles. The average Bonchev–Trinajstić information content (AvgIpc) is 3.47. The SMILES string of the molecule is CCCCCOc1cc(N2CCCN(Cc3ccnc4c3ccn4C(C)(C)C(=O)OC3CCOCC3)C2=O)ccc1OC. The highest BCUT2D eigenvalue weighted by Crippen LogP contribution is 2.34. The minimum Gasteiger partial charge on any atom is -0.493 e. The van der Waals surface area contributed by atoms with E-state index in [0.717, 1.165) is 42.3 Å². The highest BCUT2D eigenvalue weighted by atomic mass is 16.6. The largest absolute Gasteiger partial charge is 0.493 e. The van der Waals surface area contributed by atoms with Gasteiger partial charge in [-0.05, 0) is 56.5 Å². The third kappa shape index (κ3) is 6.74. The Morgan fingerprint density at radius 1 is 1.09 bits per heavy atom. The van der Waals surface area contributed by atoms with E-state index in [1.807, 2.05) is 59.8 Å². The first-order chi connectivity index (χ1) is 20.8. The number of fused-ring (bicyclic) bond motifs is 1. The van der Waals surface area contributed by atoms with Crippen molar-refractivity contribution in [1.29, 1.82) is 0 Å². The molecule has 2 aliphatic heterocycles. The van der Waals surface area contributed by atoms with Gasteiger partial charge >= 0.3 is 12.0 Å². The van der Waals surface area contributed by atoms with E-state index >= 15 is 0 Å². The molecule has 4 heterocycles. The summed E-state index contributed by atoms with van der Waals surface area (Å²) in [6, 6.07) is 9.53. The Hall–Kier alpha value is -3.79. The van der Waals surface area contributed by atoms with E-state index < -0.39 is 5.54 Å². The molecule has 43 heavy (non-hydrogen) atoms. The predicted octanol–water partition coefficient (Wildman–Crippen LogP) is 5.90. The van der Waals surface area contributed by atoms with Gasteiger partial charge in [0, 0.05) is 62.0 Å². The second-order valence-electron chi connectivity index (χ2n) is 11.8. The molecule has 0 radical (unpaired) electrons. The highest BCUT2D eigenvalue weighted by Gasteiger charge is 2.35. The summed E-state index contributed by atoms with van der Waals surface area (Å²) in [5.41, 5.74) is 1.50. The fraction of sp³-hybridized carbons (Fsp3) is 0.545. The number of unbranched alkanes of at least 4 members (excludes halogenated alkanes) is 2.